The number of aromatic nitrogens is 2. The van der Waals surface area contributed by atoms with Gasteiger partial charge in [0.1, 0.15) is 5.75 Å². The molecule has 0 atom stereocenters. The van der Waals surface area contributed by atoms with Gasteiger partial charge in [-0.2, -0.15) is 0 Å². The van der Waals surface area contributed by atoms with Crippen molar-refractivity contribution in [2.24, 2.45) is 0 Å². The second kappa shape index (κ2) is 6.10. The van der Waals surface area contributed by atoms with Gasteiger partial charge in [-0.25, -0.2) is 4.98 Å². The number of rotatable bonds is 6. The van der Waals surface area contributed by atoms with Crippen molar-refractivity contribution in [2.75, 3.05) is 19.1 Å². The molecule has 5 heteroatoms. The van der Waals surface area contributed by atoms with Crippen LogP contribution in [-0.2, 0) is 6.54 Å². The van der Waals surface area contributed by atoms with Crippen LogP contribution in [0.3, 0.4) is 0 Å². The monoisotopic (exact) mass is 284 g/mol. The molecule has 0 unspecified atom stereocenters. The van der Waals surface area contributed by atoms with Crippen LogP contribution in [0.4, 0.5) is 11.5 Å². The van der Waals surface area contributed by atoms with Gasteiger partial charge >= 0.3 is 0 Å². The van der Waals surface area contributed by atoms with Crippen molar-refractivity contribution >= 4 is 11.5 Å². The molecule has 3 rings (SSSR count). The van der Waals surface area contributed by atoms with E-state index in [-0.39, 0.29) is 0 Å². The summed E-state index contributed by atoms with van der Waals surface area (Å²) >= 11 is 0. The molecule has 1 heterocycles. The van der Waals surface area contributed by atoms with Gasteiger partial charge in [0, 0.05) is 25.3 Å². The molecule has 21 heavy (non-hydrogen) atoms. The van der Waals surface area contributed by atoms with Crippen molar-refractivity contribution < 1.29 is 4.74 Å². The molecule has 1 aliphatic rings. The normalized spacial score (nSPS) is 14.0. The number of anilines is 2. The van der Waals surface area contributed by atoms with E-state index in [0.29, 0.717) is 6.04 Å². The van der Waals surface area contributed by atoms with E-state index in [2.05, 4.69) is 15.3 Å². The molecule has 1 saturated carbocycles. The Morgan fingerprint density at radius 2 is 1.95 bits per heavy atom. The van der Waals surface area contributed by atoms with Crippen LogP contribution in [0.25, 0.3) is 0 Å². The second-order valence-electron chi connectivity index (χ2n) is 5.28. The molecule has 1 N–H and O–H groups in total. The first-order valence-electron chi connectivity index (χ1n) is 7.18. The lowest BCUT2D eigenvalue weighted by molar-refractivity contribution is 0.415. The number of hydrogen-bond acceptors (Lipinski definition) is 5. The Morgan fingerprint density at radius 1 is 1.19 bits per heavy atom. The molecule has 0 aliphatic heterocycles. The van der Waals surface area contributed by atoms with Crippen molar-refractivity contribution in [1.82, 2.24) is 15.3 Å². The van der Waals surface area contributed by atoms with E-state index in [0.717, 1.165) is 29.5 Å². The molecule has 110 valence electrons. The molecule has 5 nitrogen and oxygen atoms in total. The fourth-order valence-corrected chi connectivity index (χ4v) is 2.09. The van der Waals surface area contributed by atoms with Gasteiger partial charge in [0.25, 0.3) is 0 Å². The van der Waals surface area contributed by atoms with E-state index >= 15 is 0 Å². The van der Waals surface area contributed by atoms with Gasteiger partial charge in [0.05, 0.1) is 25.2 Å². The third-order valence-electron chi connectivity index (χ3n) is 3.64. The molecular formula is C16H20N4O. The van der Waals surface area contributed by atoms with E-state index < -0.39 is 0 Å². The van der Waals surface area contributed by atoms with Crippen molar-refractivity contribution in [3.63, 3.8) is 0 Å². The Bertz CT molecular complexity index is 578. The summed E-state index contributed by atoms with van der Waals surface area (Å²) in [6.07, 6.45) is 6.22. The third-order valence-corrected chi connectivity index (χ3v) is 3.64. The largest absolute Gasteiger partial charge is 0.497 e. The van der Waals surface area contributed by atoms with Gasteiger partial charge < -0.3 is 15.0 Å². The first-order chi connectivity index (χ1) is 10.3. The summed E-state index contributed by atoms with van der Waals surface area (Å²) in [6.45, 7) is 0.796. The smallest absolute Gasteiger partial charge is 0.151 e. The summed E-state index contributed by atoms with van der Waals surface area (Å²) in [4.78, 5) is 11.0. The number of hydrogen-bond donors (Lipinski definition) is 1. The van der Waals surface area contributed by atoms with Gasteiger partial charge in [-0.3, -0.25) is 4.98 Å². The van der Waals surface area contributed by atoms with Crippen molar-refractivity contribution in [3.05, 3.63) is 42.4 Å². The highest BCUT2D eigenvalue weighted by Crippen LogP contribution is 2.23. The zero-order chi connectivity index (χ0) is 14.7. The molecular weight excluding hydrogens is 264 g/mol. The number of benzene rings is 1. The van der Waals surface area contributed by atoms with Crippen LogP contribution in [0.2, 0.25) is 0 Å². The van der Waals surface area contributed by atoms with Gasteiger partial charge in [-0.05, 0) is 37.1 Å². The van der Waals surface area contributed by atoms with E-state index in [1.165, 1.54) is 12.8 Å². The van der Waals surface area contributed by atoms with E-state index in [1.54, 1.807) is 7.11 Å². The quantitative estimate of drug-likeness (QED) is 0.883. The highest BCUT2D eigenvalue weighted by molar-refractivity contribution is 5.59. The summed E-state index contributed by atoms with van der Waals surface area (Å²) in [5, 5.41) is 3.44. The summed E-state index contributed by atoms with van der Waals surface area (Å²) < 4.78 is 5.17. The minimum Gasteiger partial charge on any atom is -0.497 e. The maximum atomic E-state index is 5.17. The Hall–Kier alpha value is -2.14. The first-order valence-corrected chi connectivity index (χ1v) is 7.18. The van der Waals surface area contributed by atoms with E-state index in [9.17, 15) is 0 Å². The van der Waals surface area contributed by atoms with Gasteiger partial charge in [-0.15, -0.1) is 0 Å². The maximum absolute atomic E-state index is 5.17. The Balaban J connectivity index is 1.66. The van der Waals surface area contributed by atoms with Crippen LogP contribution >= 0.6 is 0 Å². The van der Waals surface area contributed by atoms with Crippen LogP contribution in [0, 0.1) is 0 Å². The highest BCUT2D eigenvalue weighted by Gasteiger charge is 2.20. The average Bonchev–Trinajstić information content (AvgIpc) is 3.37. The summed E-state index contributed by atoms with van der Waals surface area (Å²) in [6, 6.07) is 8.57. The number of methoxy groups -OCH3 is 1. The SMILES string of the molecule is COc1ccc(N(C)c2cnc(CNC3CC3)cn2)cc1. The minimum absolute atomic E-state index is 0.688. The highest BCUT2D eigenvalue weighted by atomic mass is 16.5. The zero-order valence-electron chi connectivity index (χ0n) is 12.4. The molecule has 1 aliphatic carbocycles. The van der Waals surface area contributed by atoms with Crippen LogP contribution in [-0.4, -0.2) is 30.2 Å². The lowest BCUT2D eigenvalue weighted by Crippen LogP contribution is -2.17. The fraction of sp³-hybridized carbons (Fsp3) is 0.375. The van der Waals surface area contributed by atoms with Crippen molar-refractivity contribution in [2.45, 2.75) is 25.4 Å². The zero-order valence-corrected chi connectivity index (χ0v) is 12.4. The number of nitrogens with one attached hydrogen (secondary N) is 1. The molecule has 0 radical (unpaired) electrons. The Morgan fingerprint density at radius 3 is 2.52 bits per heavy atom. The number of nitrogens with zero attached hydrogens (tertiary/aromatic N) is 3. The summed E-state index contributed by atoms with van der Waals surface area (Å²) in [5.41, 5.74) is 2.03. The van der Waals surface area contributed by atoms with Gasteiger partial charge in [-0.1, -0.05) is 0 Å². The molecule has 2 aromatic rings. The molecule has 0 spiro atoms. The van der Waals surface area contributed by atoms with Gasteiger partial charge in [0.2, 0.25) is 0 Å². The van der Waals surface area contributed by atoms with E-state index in [4.69, 9.17) is 4.74 Å². The third kappa shape index (κ3) is 3.49. The molecule has 0 amide bonds. The van der Waals surface area contributed by atoms with Crippen LogP contribution in [0.15, 0.2) is 36.7 Å². The van der Waals surface area contributed by atoms with Crippen molar-refractivity contribution in [3.8, 4) is 5.75 Å². The van der Waals surface area contributed by atoms with Gasteiger partial charge in [0.15, 0.2) is 5.82 Å². The average molecular weight is 284 g/mol. The van der Waals surface area contributed by atoms with Crippen LogP contribution in [0.1, 0.15) is 18.5 Å². The van der Waals surface area contributed by atoms with Crippen molar-refractivity contribution in [1.29, 1.82) is 0 Å². The summed E-state index contributed by atoms with van der Waals surface area (Å²) in [5.74, 6) is 1.68. The first kappa shape index (κ1) is 13.8. The van der Waals surface area contributed by atoms with Crippen LogP contribution in [0.5, 0.6) is 5.75 Å². The lowest BCUT2D eigenvalue weighted by atomic mass is 10.3. The molecule has 0 bridgehead atoms. The molecule has 0 saturated heterocycles. The minimum atomic E-state index is 0.688. The molecule has 1 fully saturated rings. The Kier molecular flexibility index (Phi) is 4.01. The Labute approximate surface area is 125 Å². The van der Waals surface area contributed by atoms with E-state index in [1.807, 2.05) is 48.6 Å². The lowest BCUT2D eigenvalue weighted by Gasteiger charge is -2.18. The maximum Gasteiger partial charge on any atom is 0.151 e. The van der Waals surface area contributed by atoms with Crippen LogP contribution < -0.4 is 15.0 Å². The summed E-state index contributed by atoms with van der Waals surface area (Å²) in [7, 11) is 3.65. The standard InChI is InChI=1S/C16H20N4O/c1-20(14-5-7-15(21-2)8-6-14)16-11-18-13(10-19-16)9-17-12-3-4-12/h5-8,10-12,17H,3-4,9H2,1-2H3. The molecule has 1 aromatic carbocycles. The second-order valence-corrected chi connectivity index (χ2v) is 5.28. The molecule has 1 aromatic heterocycles. The predicted octanol–water partition coefficient (Wildman–Crippen LogP) is 2.51. The predicted molar refractivity (Wildman–Crippen MR) is 83.0 cm³/mol. The number of ether oxygens (including phenoxy) is 1. The fourth-order valence-electron chi connectivity index (χ4n) is 2.09. The topological polar surface area (TPSA) is 50.3 Å².